The SMILES string of the molecule is C#CN(C(=O)C(CCC(N)=O)NC(=O)OC(C)(C)C)C(C(=O)NC(C)CCC)c1ccccc1. The third kappa shape index (κ3) is 9.53. The molecule has 9 nitrogen and oxygen atoms in total. The summed E-state index contributed by atoms with van der Waals surface area (Å²) in [6.07, 6.45) is 6.17. The summed E-state index contributed by atoms with van der Waals surface area (Å²) in [7, 11) is 0. The Hall–Kier alpha value is -3.54. The third-order valence-corrected chi connectivity index (χ3v) is 4.78. The summed E-state index contributed by atoms with van der Waals surface area (Å²) in [4.78, 5) is 51.4. The number of nitrogens with one attached hydrogen (secondary N) is 2. The van der Waals surface area contributed by atoms with Gasteiger partial charge in [0.25, 0.3) is 5.91 Å². The van der Waals surface area contributed by atoms with E-state index in [-0.39, 0.29) is 18.9 Å². The summed E-state index contributed by atoms with van der Waals surface area (Å²) < 4.78 is 5.24. The zero-order valence-electron chi connectivity index (χ0n) is 20.6. The summed E-state index contributed by atoms with van der Waals surface area (Å²) in [5.41, 5.74) is 4.94. The molecule has 0 saturated carbocycles. The Bertz CT molecular complexity index is 889. The summed E-state index contributed by atoms with van der Waals surface area (Å²) in [6, 6.07) is 8.39. The van der Waals surface area contributed by atoms with Crippen molar-refractivity contribution in [3.63, 3.8) is 0 Å². The normalized spacial score (nSPS) is 13.5. The van der Waals surface area contributed by atoms with Crippen molar-refractivity contribution in [2.24, 2.45) is 5.73 Å². The van der Waals surface area contributed by atoms with E-state index in [4.69, 9.17) is 16.9 Å². The lowest BCUT2D eigenvalue weighted by molar-refractivity contribution is -0.139. The van der Waals surface area contributed by atoms with Crippen LogP contribution in [0, 0.1) is 12.5 Å². The minimum Gasteiger partial charge on any atom is -0.444 e. The molecule has 0 aliphatic carbocycles. The average molecular weight is 473 g/mol. The maximum atomic E-state index is 13.5. The molecule has 4 amide bonds. The first-order chi connectivity index (χ1) is 15.9. The van der Waals surface area contributed by atoms with Crippen LogP contribution >= 0.6 is 0 Å². The number of ether oxygens (including phenoxy) is 1. The van der Waals surface area contributed by atoms with Crippen LogP contribution < -0.4 is 16.4 Å². The van der Waals surface area contributed by atoms with Gasteiger partial charge in [0, 0.05) is 18.5 Å². The molecular formula is C25H36N4O5. The molecule has 1 rings (SSSR count). The van der Waals surface area contributed by atoms with E-state index in [9.17, 15) is 19.2 Å². The van der Waals surface area contributed by atoms with E-state index in [1.807, 2.05) is 13.8 Å². The highest BCUT2D eigenvalue weighted by molar-refractivity contribution is 5.93. The Morgan fingerprint density at radius 1 is 1.12 bits per heavy atom. The molecule has 0 heterocycles. The van der Waals surface area contributed by atoms with E-state index >= 15 is 0 Å². The largest absolute Gasteiger partial charge is 0.444 e. The van der Waals surface area contributed by atoms with E-state index < -0.39 is 41.5 Å². The number of alkyl carbamates (subject to hydrolysis) is 1. The van der Waals surface area contributed by atoms with Gasteiger partial charge in [-0.1, -0.05) is 50.1 Å². The van der Waals surface area contributed by atoms with Crippen LogP contribution in [0.25, 0.3) is 0 Å². The van der Waals surface area contributed by atoms with Crippen LogP contribution in [-0.2, 0) is 19.1 Å². The van der Waals surface area contributed by atoms with Crippen molar-refractivity contribution >= 4 is 23.8 Å². The maximum absolute atomic E-state index is 13.5. The molecule has 0 radical (unpaired) electrons. The van der Waals surface area contributed by atoms with Crippen molar-refractivity contribution in [2.45, 2.75) is 84.0 Å². The molecule has 34 heavy (non-hydrogen) atoms. The van der Waals surface area contributed by atoms with Crippen LogP contribution in [0.4, 0.5) is 4.79 Å². The summed E-state index contributed by atoms with van der Waals surface area (Å²) in [6.45, 7) is 8.89. The number of nitrogens with zero attached hydrogens (tertiary/aromatic N) is 1. The molecule has 1 aromatic rings. The number of carbonyl (C=O) groups excluding carboxylic acids is 4. The highest BCUT2D eigenvalue weighted by atomic mass is 16.6. The van der Waals surface area contributed by atoms with Crippen LogP contribution in [0.3, 0.4) is 0 Å². The van der Waals surface area contributed by atoms with E-state index in [1.54, 1.807) is 51.1 Å². The van der Waals surface area contributed by atoms with Gasteiger partial charge in [0.1, 0.15) is 17.7 Å². The molecule has 9 heteroatoms. The zero-order chi connectivity index (χ0) is 25.9. The van der Waals surface area contributed by atoms with Gasteiger partial charge in [-0.25, -0.2) is 4.79 Å². The summed E-state index contributed by atoms with van der Waals surface area (Å²) in [5.74, 6) is -1.84. The van der Waals surface area contributed by atoms with Crippen LogP contribution in [0.15, 0.2) is 30.3 Å². The smallest absolute Gasteiger partial charge is 0.408 e. The fourth-order valence-corrected chi connectivity index (χ4v) is 3.31. The Labute approximate surface area is 201 Å². The van der Waals surface area contributed by atoms with Crippen LogP contribution in [0.5, 0.6) is 0 Å². The van der Waals surface area contributed by atoms with Gasteiger partial charge < -0.3 is 21.1 Å². The van der Waals surface area contributed by atoms with Gasteiger partial charge >= 0.3 is 6.09 Å². The van der Waals surface area contributed by atoms with E-state index in [0.717, 1.165) is 17.7 Å². The molecule has 3 atom stereocenters. The number of amides is 4. The molecule has 0 spiro atoms. The van der Waals surface area contributed by atoms with Gasteiger partial charge in [-0.2, -0.15) is 0 Å². The fourth-order valence-electron chi connectivity index (χ4n) is 3.31. The minimum atomic E-state index is -1.23. The van der Waals surface area contributed by atoms with Gasteiger partial charge in [-0.15, -0.1) is 0 Å². The second kappa shape index (κ2) is 13.2. The molecule has 0 aliphatic heterocycles. The number of nitrogens with two attached hydrogens (primary N) is 1. The third-order valence-electron chi connectivity index (χ3n) is 4.78. The second-order valence-electron chi connectivity index (χ2n) is 9.05. The Balaban J connectivity index is 3.31. The molecule has 0 saturated heterocycles. The number of hydrogen-bond acceptors (Lipinski definition) is 5. The highest BCUT2D eigenvalue weighted by Crippen LogP contribution is 2.23. The first-order valence-corrected chi connectivity index (χ1v) is 11.3. The predicted octanol–water partition coefficient (Wildman–Crippen LogP) is 2.61. The monoisotopic (exact) mass is 472 g/mol. The number of hydrogen-bond donors (Lipinski definition) is 3. The standard InChI is InChI=1S/C25H36N4O5/c1-7-12-17(3)27-22(31)21(18-13-10-9-11-14-18)29(8-2)23(32)19(15-16-20(26)30)28-24(33)34-25(4,5)6/h2,9-11,13-14,17,19,21H,7,12,15-16H2,1,3-6H3,(H2,26,30)(H,27,31)(H,28,33). The Morgan fingerprint density at radius 3 is 2.24 bits per heavy atom. The van der Waals surface area contributed by atoms with Gasteiger partial charge in [0.15, 0.2) is 0 Å². The molecule has 186 valence electrons. The van der Waals surface area contributed by atoms with E-state index in [1.165, 1.54) is 0 Å². The van der Waals surface area contributed by atoms with Crippen molar-refractivity contribution < 1.29 is 23.9 Å². The molecule has 0 bridgehead atoms. The van der Waals surface area contributed by atoms with Crippen molar-refractivity contribution in [3.05, 3.63) is 35.9 Å². The summed E-state index contributed by atoms with van der Waals surface area (Å²) >= 11 is 0. The van der Waals surface area contributed by atoms with Gasteiger partial charge in [-0.3, -0.25) is 19.3 Å². The van der Waals surface area contributed by atoms with Crippen LogP contribution in [0.2, 0.25) is 0 Å². The fraction of sp³-hybridized carbons (Fsp3) is 0.520. The zero-order valence-corrected chi connectivity index (χ0v) is 20.6. The van der Waals surface area contributed by atoms with E-state index in [0.29, 0.717) is 5.56 Å². The Morgan fingerprint density at radius 2 is 1.74 bits per heavy atom. The molecule has 1 aromatic carbocycles. The quantitative estimate of drug-likeness (QED) is 0.337. The molecule has 0 aromatic heterocycles. The molecule has 0 fully saturated rings. The lowest BCUT2D eigenvalue weighted by atomic mass is 10.0. The van der Waals surface area contributed by atoms with Gasteiger partial charge in [0.05, 0.1) is 0 Å². The number of primary amides is 1. The van der Waals surface area contributed by atoms with Crippen molar-refractivity contribution in [1.29, 1.82) is 0 Å². The first kappa shape index (κ1) is 28.5. The highest BCUT2D eigenvalue weighted by Gasteiger charge is 2.36. The first-order valence-electron chi connectivity index (χ1n) is 11.3. The summed E-state index contributed by atoms with van der Waals surface area (Å²) in [5, 5.41) is 5.36. The molecule has 0 aliphatic rings. The Kier molecular flexibility index (Phi) is 11.1. The lowest BCUT2D eigenvalue weighted by Gasteiger charge is -2.31. The molecule has 4 N–H and O–H groups in total. The van der Waals surface area contributed by atoms with Crippen molar-refractivity contribution in [3.8, 4) is 12.5 Å². The maximum Gasteiger partial charge on any atom is 0.408 e. The molecule has 3 unspecified atom stereocenters. The lowest BCUT2D eigenvalue weighted by Crippen LogP contribution is -2.52. The van der Waals surface area contributed by atoms with Crippen LogP contribution in [-0.4, -0.2) is 46.4 Å². The number of rotatable bonds is 11. The number of terminal acetylenes is 1. The number of carbonyl (C=O) groups is 4. The van der Waals surface area contributed by atoms with Crippen LogP contribution in [0.1, 0.15) is 71.9 Å². The van der Waals surface area contributed by atoms with Gasteiger partial charge in [-0.05, 0) is 46.1 Å². The van der Waals surface area contributed by atoms with Crippen molar-refractivity contribution in [2.75, 3.05) is 0 Å². The van der Waals surface area contributed by atoms with E-state index in [2.05, 4.69) is 16.7 Å². The molecular weight excluding hydrogens is 436 g/mol. The predicted molar refractivity (Wildman–Crippen MR) is 129 cm³/mol. The number of benzene rings is 1. The van der Waals surface area contributed by atoms with Crippen molar-refractivity contribution in [1.82, 2.24) is 15.5 Å². The van der Waals surface area contributed by atoms with Gasteiger partial charge in [0.2, 0.25) is 11.8 Å². The minimum absolute atomic E-state index is 0.110. The average Bonchev–Trinajstić information content (AvgIpc) is 2.73. The second-order valence-corrected chi connectivity index (χ2v) is 9.05. The topological polar surface area (TPSA) is 131 Å².